The molecule has 1 amide bonds. The van der Waals surface area contributed by atoms with Gasteiger partial charge in [0.1, 0.15) is 0 Å². The number of hydrogen-bond acceptors (Lipinski definition) is 3. The smallest absolute Gasteiger partial charge is 0.324 e. The molecule has 1 fully saturated rings. The number of nitrogens with zero attached hydrogens (tertiary/aromatic N) is 2. The molecular formula is C21H23ClF3N3O. The summed E-state index contributed by atoms with van der Waals surface area (Å²) in [6.07, 6.45) is -3.50. The molecule has 4 nitrogen and oxygen atoms in total. The lowest BCUT2D eigenvalue weighted by atomic mass is 10.1. The summed E-state index contributed by atoms with van der Waals surface area (Å²) >= 11 is 5.94. The molecule has 1 N–H and O–H groups in total. The van der Waals surface area contributed by atoms with Gasteiger partial charge < -0.3 is 10.2 Å². The van der Waals surface area contributed by atoms with Crippen LogP contribution < -0.4 is 5.32 Å². The molecule has 0 spiro atoms. The van der Waals surface area contributed by atoms with Crippen molar-refractivity contribution >= 4 is 23.2 Å². The molecule has 0 unspecified atom stereocenters. The molecule has 0 atom stereocenters. The molecule has 1 aliphatic heterocycles. The van der Waals surface area contributed by atoms with Crippen LogP contribution in [0.25, 0.3) is 0 Å². The molecule has 2 aromatic carbocycles. The van der Waals surface area contributed by atoms with Gasteiger partial charge in [-0.15, -0.1) is 0 Å². The highest BCUT2D eigenvalue weighted by Gasteiger charge is 2.31. The highest BCUT2D eigenvalue weighted by molar-refractivity contribution is 6.33. The minimum absolute atomic E-state index is 0.0204. The molecular weight excluding hydrogens is 403 g/mol. The van der Waals surface area contributed by atoms with Crippen molar-refractivity contribution in [1.29, 1.82) is 0 Å². The molecule has 1 saturated heterocycles. The summed E-state index contributed by atoms with van der Waals surface area (Å²) in [5.41, 5.74) is 0.435. The fraction of sp³-hybridized carbons (Fsp3) is 0.381. The largest absolute Gasteiger partial charge is 0.416 e. The molecule has 1 heterocycles. The number of carbonyl (C=O) groups is 1. The second-order valence-electron chi connectivity index (χ2n) is 7.09. The molecule has 29 heavy (non-hydrogen) atoms. The third kappa shape index (κ3) is 6.45. The highest BCUT2D eigenvalue weighted by atomic mass is 35.5. The number of amides is 1. The van der Waals surface area contributed by atoms with Crippen molar-refractivity contribution in [1.82, 2.24) is 9.80 Å². The summed E-state index contributed by atoms with van der Waals surface area (Å²) in [6, 6.07) is 13.2. The summed E-state index contributed by atoms with van der Waals surface area (Å²) in [5, 5.41) is 2.58. The van der Waals surface area contributed by atoms with Gasteiger partial charge in [0.2, 0.25) is 5.91 Å². The SMILES string of the molecule is O=C(CN1CCN(CCc2ccccc2)CC1)Nc1cc(C(F)(F)F)ccc1Cl. The Morgan fingerprint density at radius 2 is 1.66 bits per heavy atom. The average Bonchev–Trinajstić information content (AvgIpc) is 2.69. The molecule has 3 rings (SSSR count). The van der Waals surface area contributed by atoms with Gasteiger partial charge in [-0.3, -0.25) is 9.69 Å². The maximum absolute atomic E-state index is 12.8. The van der Waals surface area contributed by atoms with Crippen LogP contribution in [0, 0.1) is 0 Å². The van der Waals surface area contributed by atoms with E-state index < -0.39 is 11.7 Å². The summed E-state index contributed by atoms with van der Waals surface area (Å²) in [6.45, 7) is 4.26. The quantitative estimate of drug-likeness (QED) is 0.755. The molecule has 2 aromatic rings. The maximum Gasteiger partial charge on any atom is 0.416 e. The van der Waals surface area contributed by atoms with Crippen LogP contribution in [0.4, 0.5) is 18.9 Å². The zero-order valence-corrected chi connectivity index (χ0v) is 16.6. The first-order valence-corrected chi connectivity index (χ1v) is 9.84. The Balaban J connectivity index is 1.45. The molecule has 0 radical (unpaired) electrons. The van der Waals surface area contributed by atoms with Gasteiger partial charge in [-0.2, -0.15) is 13.2 Å². The Morgan fingerprint density at radius 3 is 2.31 bits per heavy atom. The van der Waals surface area contributed by atoms with E-state index in [4.69, 9.17) is 11.6 Å². The van der Waals surface area contributed by atoms with Crippen LogP contribution in [0.5, 0.6) is 0 Å². The summed E-state index contributed by atoms with van der Waals surface area (Å²) in [7, 11) is 0. The van der Waals surface area contributed by atoms with Crippen LogP contribution in [-0.2, 0) is 17.4 Å². The van der Waals surface area contributed by atoms with E-state index >= 15 is 0 Å². The predicted octanol–water partition coefficient (Wildman–Crippen LogP) is 4.16. The van der Waals surface area contributed by atoms with Crippen molar-refractivity contribution in [2.45, 2.75) is 12.6 Å². The molecule has 0 aliphatic carbocycles. The number of benzene rings is 2. The molecule has 1 aliphatic rings. The summed E-state index contributed by atoms with van der Waals surface area (Å²) in [5.74, 6) is -0.371. The molecule has 0 bridgehead atoms. The monoisotopic (exact) mass is 425 g/mol. The van der Waals surface area contributed by atoms with E-state index in [9.17, 15) is 18.0 Å². The summed E-state index contributed by atoms with van der Waals surface area (Å²) in [4.78, 5) is 16.6. The first-order chi connectivity index (χ1) is 13.8. The van der Waals surface area contributed by atoms with Gasteiger partial charge in [-0.05, 0) is 30.2 Å². The lowest BCUT2D eigenvalue weighted by molar-refractivity contribution is -0.137. The summed E-state index contributed by atoms with van der Waals surface area (Å²) < 4.78 is 38.5. The van der Waals surface area contributed by atoms with Gasteiger partial charge in [0, 0.05) is 32.7 Å². The van der Waals surface area contributed by atoms with Crippen LogP contribution in [-0.4, -0.2) is 55.0 Å². The predicted molar refractivity (Wildman–Crippen MR) is 108 cm³/mol. The van der Waals surface area contributed by atoms with E-state index in [1.807, 2.05) is 23.1 Å². The topological polar surface area (TPSA) is 35.6 Å². The van der Waals surface area contributed by atoms with Crippen molar-refractivity contribution in [3.63, 3.8) is 0 Å². The Labute approximate surface area is 173 Å². The highest BCUT2D eigenvalue weighted by Crippen LogP contribution is 2.33. The lowest BCUT2D eigenvalue weighted by Crippen LogP contribution is -2.49. The number of rotatable bonds is 6. The minimum atomic E-state index is -4.49. The Kier molecular flexibility index (Phi) is 7.16. The zero-order chi connectivity index (χ0) is 20.9. The van der Waals surface area contributed by atoms with Crippen molar-refractivity contribution < 1.29 is 18.0 Å². The van der Waals surface area contributed by atoms with Gasteiger partial charge in [0.05, 0.1) is 22.8 Å². The Bertz CT molecular complexity index is 822. The van der Waals surface area contributed by atoms with Crippen molar-refractivity contribution in [2.75, 3.05) is 44.6 Å². The third-order valence-corrected chi connectivity index (χ3v) is 5.29. The number of alkyl halides is 3. The van der Waals surface area contributed by atoms with Gasteiger partial charge in [-0.1, -0.05) is 41.9 Å². The second-order valence-corrected chi connectivity index (χ2v) is 7.50. The number of anilines is 1. The van der Waals surface area contributed by atoms with Crippen LogP contribution in [0.15, 0.2) is 48.5 Å². The standard InChI is InChI=1S/C21H23ClF3N3O/c22-18-7-6-17(21(23,24)25)14-19(18)26-20(29)15-28-12-10-27(11-13-28)9-8-16-4-2-1-3-5-16/h1-7,14H,8-13,15H2,(H,26,29). The van der Waals surface area contributed by atoms with Crippen molar-refractivity contribution in [3.8, 4) is 0 Å². The van der Waals surface area contributed by atoms with Crippen LogP contribution in [0.3, 0.4) is 0 Å². The molecule has 0 saturated carbocycles. The number of halogens is 4. The average molecular weight is 426 g/mol. The minimum Gasteiger partial charge on any atom is -0.324 e. The fourth-order valence-electron chi connectivity index (χ4n) is 3.29. The zero-order valence-electron chi connectivity index (χ0n) is 15.9. The first-order valence-electron chi connectivity index (χ1n) is 9.46. The van der Waals surface area contributed by atoms with E-state index in [-0.39, 0.29) is 23.2 Å². The Hall–Kier alpha value is -2.09. The van der Waals surface area contributed by atoms with E-state index in [1.165, 1.54) is 5.56 Å². The van der Waals surface area contributed by atoms with Gasteiger partial charge in [0.25, 0.3) is 0 Å². The molecule has 8 heteroatoms. The number of hydrogen-bond donors (Lipinski definition) is 1. The number of carbonyl (C=O) groups excluding carboxylic acids is 1. The number of nitrogens with one attached hydrogen (secondary N) is 1. The second kappa shape index (κ2) is 9.61. The van der Waals surface area contributed by atoms with Crippen molar-refractivity contribution in [3.05, 3.63) is 64.7 Å². The van der Waals surface area contributed by atoms with E-state index in [2.05, 4.69) is 22.3 Å². The van der Waals surface area contributed by atoms with Crippen LogP contribution in [0.1, 0.15) is 11.1 Å². The fourth-order valence-corrected chi connectivity index (χ4v) is 3.46. The van der Waals surface area contributed by atoms with E-state index in [0.717, 1.165) is 57.3 Å². The number of piperazine rings is 1. The van der Waals surface area contributed by atoms with Crippen molar-refractivity contribution in [2.24, 2.45) is 0 Å². The van der Waals surface area contributed by atoms with E-state index in [0.29, 0.717) is 0 Å². The van der Waals surface area contributed by atoms with E-state index in [1.54, 1.807) is 0 Å². The van der Waals surface area contributed by atoms with Gasteiger partial charge >= 0.3 is 6.18 Å². The Morgan fingerprint density at radius 1 is 1.00 bits per heavy atom. The maximum atomic E-state index is 12.8. The lowest BCUT2D eigenvalue weighted by Gasteiger charge is -2.34. The van der Waals surface area contributed by atoms with Crippen LogP contribution >= 0.6 is 11.6 Å². The molecule has 0 aromatic heterocycles. The molecule has 156 valence electrons. The normalized spacial score (nSPS) is 16.0. The van der Waals surface area contributed by atoms with Crippen LogP contribution in [0.2, 0.25) is 5.02 Å². The first kappa shape index (κ1) is 21.6. The third-order valence-electron chi connectivity index (χ3n) is 4.96. The van der Waals surface area contributed by atoms with Gasteiger partial charge in [-0.25, -0.2) is 0 Å². The van der Waals surface area contributed by atoms with Gasteiger partial charge in [0.15, 0.2) is 0 Å².